The topological polar surface area (TPSA) is 274 Å². The number of carbonyl (C=O) groups is 1. The van der Waals surface area contributed by atoms with Crippen molar-refractivity contribution in [1.82, 2.24) is 9.55 Å². The van der Waals surface area contributed by atoms with Crippen LogP contribution in [0.25, 0.3) is 10.4 Å². The molecule has 3 rings (SSSR count). The number of aliphatic imine (C=N–C) groups is 1. The van der Waals surface area contributed by atoms with Gasteiger partial charge in [0.1, 0.15) is 19.1 Å². The van der Waals surface area contributed by atoms with Crippen LogP contribution in [0.4, 0.5) is 5.82 Å². The second-order valence-corrected chi connectivity index (χ2v) is 11.0. The van der Waals surface area contributed by atoms with Crippen molar-refractivity contribution in [3.05, 3.63) is 22.5 Å². The number of Topliss-reactive ketones (excluding diaryl/α,β-unsaturated/α-hetero) is 1. The Morgan fingerprint density at radius 1 is 1.24 bits per heavy atom. The molecule has 1 aromatic rings. The molecule has 2 aliphatic rings. The van der Waals surface area contributed by atoms with Crippen molar-refractivity contribution in [1.29, 1.82) is 0 Å². The van der Waals surface area contributed by atoms with Crippen LogP contribution in [0.15, 0.2) is 16.4 Å². The van der Waals surface area contributed by atoms with Gasteiger partial charge in [-0.1, -0.05) is 5.11 Å². The first-order valence-electron chi connectivity index (χ1n) is 8.99. The van der Waals surface area contributed by atoms with E-state index >= 15 is 0 Å². The first-order valence-corrected chi connectivity index (χ1v) is 13.5. The van der Waals surface area contributed by atoms with Crippen molar-refractivity contribution < 1.29 is 60.7 Å². The number of phosphoric acid groups is 3. The van der Waals surface area contributed by atoms with Crippen molar-refractivity contribution >= 4 is 41.3 Å². The molecule has 0 saturated carbocycles. The highest BCUT2D eigenvalue weighted by atomic mass is 31.3. The lowest BCUT2D eigenvalue weighted by atomic mass is 10.1. The molecule has 5 atom stereocenters. The highest BCUT2D eigenvalue weighted by Gasteiger charge is 2.44. The van der Waals surface area contributed by atoms with Gasteiger partial charge in [-0.2, -0.15) is 8.62 Å². The van der Waals surface area contributed by atoms with Crippen LogP contribution in [0.3, 0.4) is 0 Å². The Morgan fingerprint density at radius 3 is 2.65 bits per heavy atom. The predicted octanol–water partition coefficient (Wildman–Crippen LogP) is 1.46. The van der Waals surface area contributed by atoms with Crippen LogP contribution in [0.1, 0.15) is 29.6 Å². The van der Waals surface area contributed by atoms with Crippen LogP contribution in [0.2, 0.25) is 0 Å². The second kappa shape index (κ2) is 10.4. The molecule has 0 radical (unpaired) electrons. The largest absolute Gasteiger partial charge is 0.490 e. The van der Waals surface area contributed by atoms with Crippen molar-refractivity contribution in [2.24, 2.45) is 10.1 Å². The molecule has 4 N–H and O–H groups in total. The molecule has 34 heavy (non-hydrogen) atoms. The van der Waals surface area contributed by atoms with E-state index in [1.54, 1.807) is 0 Å². The van der Waals surface area contributed by atoms with Crippen molar-refractivity contribution in [3.63, 3.8) is 0 Å². The van der Waals surface area contributed by atoms with Crippen LogP contribution in [-0.4, -0.2) is 66.7 Å². The standard InChI is InChI=1S/C12H17N6O13P3/c13-17-16-6-27-8-3-10(18-5-15-11-7(19)1-2-14-12(11)18)29-9(8)4-28-33(23,24)31-34(25,26)30-32(20,21)22/h2,5,8-10H,1,3-4,6H2,(H,23,24)(H,25,26)(H2,20,21,22)/t8?,9-,10-/m1/s1. The molecular formula is C12H17N6O13P3. The van der Waals surface area contributed by atoms with Crippen LogP contribution in [-0.2, 0) is 36.3 Å². The van der Waals surface area contributed by atoms with Crippen LogP contribution < -0.4 is 0 Å². The summed E-state index contributed by atoms with van der Waals surface area (Å²) < 4.78 is 58.6. The molecule has 0 aromatic carbocycles. The average Bonchev–Trinajstić information content (AvgIpc) is 3.28. The number of fused-ring (bicyclic) bond motifs is 1. The lowest BCUT2D eigenvalue weighted by Crippen LogP contribution is -2.29. The summed E-state index contributed by atoms with van der Waals surface area (Å²) in [6, 6.07) is 0. The zero-order valence-corrected chi connectivity index (χ0v) is 19.4. The minimum atomic E-state index is -5.69. The minimum absolute atomic E-state index is 0.0535. The lowest BCUT2D eigenvalue weighted by molar-refractivity contribution is -0.0587. The quantitative estimate of drug-likeness (QED) is 0.132. The zero-order valence-electron chi connectivity index (χ0n) is 16.7. The smallest absolute Gasteiger partial charge is 0.369 e. The van der Waals surface area contributed by atoms with Gasteiger partial charge in [0.05, 0.1) is 19.0 Å². The molecule has 3 unspecified atom stereocenters. The first kappa shape index (κ1) is 26.8. The molecule has 19 nitrogen and oxygen atoms in total. The fourth-order valence-electron chi connectivity index (χ4n) is 3.02. The SMILES string of the molecule is [N-]=[N+]=NCOC1C[C@H](n2cnc3c2N=CCC3=O)O[C@@H]1COP(=O)(O)OP(=O)(O)OP(=O)(O)O. The summed E-state index contributed by atoms with van der Waals surface area (Å²) in [7, 11) is -16.6. The molecule has 1 aromatic heterocycles. The highest BCUT2D eigenvalue weighted by Crippen LogP contribution is 2.66. The number of aromatic nitrogens is 2. The van der Waals surface area contributed by atoms with Gasteiger partial charge in [0.25, 0.3) is 0 Å². The Labute approximate surface area is 189 Å². The predicted molar refractivity (Wildman–Crippen MR) is 107 cm³/mol. The van der Waals surface area contributed by atoms with Gasteiger partial charge < -0.3 is 29.0 Å². The van der Waals surface area contributed by atoms with Gasteiger partial charge in [-0.25, -0.2) is 23.7 Å². The molecule has 1 fully saturated rings. The highest BCUT2D eigenvalue weighted by molar-refractivity contribution is 7.66. The van der Waals surface area contributed by atoms with Crippen molar-refractivity contribution in [3.8, 4) is 0 Å². The third-order valence-corrected chi connectivity index (χ3v) is 8.04. The van der Waals surface area contributed by atoms with E-state index < -0.39 is 55.2 Å². The molecule has 1 saturated heterocycles. The summed E-state index contributed by atoms with van der Waals surface area (Å²) >= 11 is 0. The molecule has 0 spiro atoms. The summed E-state index contributed by atoms with van der Waals surface area (Å²) in [6.07, 6.45) is -0.0987. The second-order valence-electron chi connectivity index (χ2n) is 6.58. The molecule has 0 amide bonds. The third-order valence-electron chi connectivity index (χ3n) is 4.24. The summed E-state index contributed by atoms with van der Waals surface area (Å²) in [5.41, 5.74) is 8.54. The summed E-state index contributed by atoms with van der Waals surface area (Å²) in [6.45, 7) is -1.23. The van der Waals surface area contributed by atoms with Gasteiger partial charge >= 0.3 is 23.5 Å². The Kier molecular flexibility index (Phi) is 8.22. The number of hydrogen-bond acceptors (Lipinski definition) is 12. The van der Waals surface area contributed by atoms with Gasteiger partial charge in [-0.3, -0.25) is 13.9 Å². The van der Waals surface area contributed by atoms with Gasteiger partial charge in [-0.15, -0.1) is 0 Å². The minimum Gasteiger partial charge on any atom is -0.369 e. The van der Waals surface area contributed by atoms with E-state index in [1.165, 1.54) is 17.1 Å². The van der Waals surface area contributed by atoms with Crippen LogP contribution in [0, 0.1) is 0 Å². The fourth-order valence-corrected chi connectivity index (χ4v) is 6.05. The Balaban J connectivity index is 1.71. The number of hydrogen-bond donors (Lipinski definition) is 4. The number of nitrogens with zero attached hydrogens (tertiary/aromatic N) is 6. The van der Waals surface area contributed by atoms with Crippen LogP contribution >= 0.6 is 23.5 Å². The summed E-state index contributed by atoms with van der Waals surface area (Å²) in [4.78, 5) is 58.6. The summed E-state index contributed by atoms with van der Waals surface area (Å²) in [5, 5.41) is 3.21. The van der Waals surface area contributed by atoms with Crippen molar-refractivity contribution in [2.75, 3.05) is 13.3 Å². The van der Waals surface area contributed by atoms with E-state index in [-0.39, 0.29) is 30.1 Å². The first-order chi connectivity index (χ1) is 15.8. The number of phosphoric ester groups is 1. The van der Waals surface area contributed by atoms with Gasteiger partial charge in [0.2, 0.25) is 0 Å². The fraction of sp³-hybridized carbons (Fsp3) is 0.583. The van der Waals surface area contributed by atoms with Gasteiger partial charge in [0, 0.05) is 24.0 Å². The monoisotopic (exact) mass is 546 g/mol. The number of ether oxygens (including phenoxy) is 2. The number of ketones is 1. The van der Waals surface area contributed by atoms with E-state index in [9.17, 15) is 28.3 Å². The molecule has 2 aliphatic heterocycles. The maximum absolute atomic E-state index is 12.0. The molecular weight excluding hydrogens is 529 g/mol. The Morgan fingerprint density at radius 2 is 1.97 bits per heavy atom. The Hall–Kier alpha value is -1.81. The number of rotatable bonds is 11. The van der Waals surface area contributed by atoms with E-state index in [0.29, 0.717) is 0 Å². The van der Waals surface area contributed by atoms with E-state index in [4.69, 9.17) is 24.8 Å². The van der Waals surface area contributed by atoms with Gasteiger partial charge in [0.15, 0.2) is 17.3 Å². The van der Waals surface area contributed by atoms with E-state index in [1.807, 2.05) is 0 Å². The zero-order chi connectivity index (χ0) is 25.1. The average molecular weight is 546 g/mol. The molecule has 22 heteroatoms. The molecule has 3 heterocycles. The maximum Gasteiger partial charge on any atom is 0.490 e. The number of carbonyl (C=O) groups excluding carboxylic acids is 1. The Bertz CT molecular complexity index is 1160. The summed E-state index contributed by atoms with van der Waals surface area (Å²) in [5.74, 6) is -0.0503. The van der Waals surface area contributed by atoms with E-state index in [0.717, 1.165) is 0 Å². The van der Waals surface area contributed by atoms with Crippen LogP contribution in [0.5, 0.6) is 0 Å². The number of imidazole rings is 1. The molecule has 188 valence electrons. The van der Waals surface area contributed by atoms with E-state index in [2.05, 4.69) is 33.1 Å². The maximum atomic E-state index is 12.0. The normalized spacial score (nSPS) is 25.9. The lowest BCUT2D eigenvalue weighted by Gasteiger charge is -2.21. The number of azide groups is 1. The third kappa shape index (κ3) is 7.10. The molecule has 0 aliphatic carbocycles. The molecule has 0 bridgehead atoms. The van der Waals surface area contributed by atoms with Gasteiger partial charge in [-0.05, 0) is 5.53 Å². The van der Waals surface area contributed by atoms with Crippen molar-refractivity contribution in [2.45, 2.75) is 31.3 Å².